The standard InChI is InChI=1S/C14H16N4O2/c15-12(11-4-2-1-3-5-11)6-9-17-13-7-8-16-10-14(13)18(19)20/h1-5,7-8,10,12H,6,9,15H2,(H,16,17). The zero-order chi connectivity index (χ0) is 14.4. The molecule has 0 bridgehead atoms. The number of nitrogens with zero attached hydrogens (tertiary/aromatic N) is 2. The molecular weight excluding hydrogens is 256 g/mol. The smallest absolute Gasteiger partial charge is 0.310 e. The Hall–Kier alpha value is -2.47. The molecule has 104 valence electrons. The number of nitrogens with two attached hydrogens (primary N) is 1. The molecule has 0 spiro atoms. The van der Waals surface area contributed by atoms with Crippen LogP contribution in [0.4, 0.5) is 11.4 Å². The van der Waals surface area contributed by atoms with E-state index in [9.17, 15) is 10.1 Å². The maximum atomic E-state index is 10.8. The number of pyridine rings is 1. The molecule has 0 aliphatic carbocycles. The quantitative estimate of drug-likeness (QED) is 0.622. The SMILES string of the molecule is NC(CCNc1ccncc1[N+](=O)[O-])c1ccccc1. The zero-order valence-electron chi connectivity index (χ0n) is 10.9. The predicted octanol–water partition coefficient (Wildman–Crippen LogP) is 2.49. The molecule has 1 aromatic heterocycles. The summed E-state index contributed by atoms with van der Waals surface area (Å²) in [5, 5.41) is 13.9. The van der Waals surface area contributed by atoms with Gasteiger partial charge in [-0.15, -0.1) is 0 Å². The molecular formula is C14H16N4O2. The van der Waals surface area contributed by atoms with Gasteiger partial charge in [0.15, 0.2) is 0 Å². The largest absolute Gasteiger partial charge is 0.379 e. The fourth-order valence-electron chi connectivity index (χ4n) is 1.91. The monoisotopic (exact) mass is 272 g/mol. The van der Waals surface area contributed by atoms with Gasteiger partial charge < -0.3 is 11.1 Å². The molecule has 0 saturated heterocycles. The highest BCUT2D eigenvalue weighted by Gasteiger charge is 2.13. The molecule has 1 heterocycles. The van der Waals surface area contributed by atoms with Gasteiger partial charge in [-0.3, -0.25) is 15.1 Å². The Morgan fingerprint density at radius 1 is 1.30 bits per heavy atom. The second-order valence-corrected chi connectivity index (χ2v) is 4.38. The van der Waals surface area contributed by atoms with Gasteiger partial charge in [0.05, 0.1) is 4.92 Å². The highest BCUT2D eigenvalue weighted by atomic mass is 16.6. The van der Waals surface area contributed by atoms with Gasteiger partial charge in [0.2, 0.25) is 0 Å². The van der Waals surface area contributed by atoms with Gasteiger partial charge in [-0.2, -0.15) is 0 Å². The van der Waals surface area contributed by atoms with E-state index in [1.54, 1.807) is 6.07 Å². The third kappa shape index (κ3) is 3.52. The van der Waals surface area contributed by atoms with Crippen molar-refractivity contribution in [2.24, 2.45) is 5.73 Å². The van der Waals surface area contributed by atoms with Crippen LogP contribution >= 0.6 is 0 Å². The van der Waals surface area contributed by atoms with E-state index < -0.39 is 4.92 Å². The van der Waals surface area contributed by atoms with Crippen LogP contribution in [0.15, 0.2) is 48.8 Å². The number of rotatable bonds is 6. The number of nitrogens with one attached hydrogen (secondary N) is 1. The lowest BCUT2D eigenvalue weighted by atomic mass is 10.1. The van der Waals surface area contributed by atoms with Crippen LogP contribution in [-0.4, -0.2) is 16.5 Å². The first-order valence-corrected chi connectivity index (χ1v) is 6.31. The summed E-state index contributed by atoms with van der Waals surface area (Å²) in [6.45, 7) is 0.556. The van der Waals surface area contributed by atoms with Crippen molar-refractivity contribution in [3.63, 3.8) is 0 Å². The molecule has 6 heteroatoms. The lowest BCUT2D eigenvalue weighted by Gasteiger charge is -2.13. The Kier molecular flexibility index (Phi) is 4.62. The summed E-state index contributed by atoms with van der Waals surface area (Å²) >= 11 is 0. The van der Waals surface area contributed by atoms with Crippen molar-refractivity contribution in [3.05, 3.63) is 64.5 Å². The number of hydrogen-bond donors (Lipinski definition) is 2. The molecule has 1 unspecified atom stereocenters. The van der Waals surface area contributed by atoms with Crippen LogP contribution in [0.2, 0.25) is 0 Å². The van der Waals surface area contributed by atoms with Gasteiger partial charge in [-0.25, -0.2) is 0 Å². The highest BCUT2D eigenvalue weighted by Crippen LogP contribution is 2.22. The van der Waals surface area contributed by atoms with E-state index in [0.29, 0.717) is 18.7 Å². The minimum atomic E-state index is -0.452. The summed E-state index contributed by atoms with van der Waals surface area (Å²) in [7, 11) is 0. The Morgan fingerprint density at radius 3 is 2.75 bits per heavy atom. The summed E-state index contributed by atoms with van der Waals surface area (Å²) in [5.41, 5.74) is 7.56. The van der Waals surface area contributed by atoms with Gasteiger partial charge in [-0.1, -0.05) is 30.3 Å². The summed E-state index contributed by atoms with van der Waals surface area (Å²) in [6, 6.07) is 11.3. The van der Waals surface area contributed by atoms with E-state index in [1.807, 2.05) is 30.3 Å². The van der Waals surface area contributed by atoms with Crippen LogP contribution in [0.1, 0.15) is 18.0 Å². The Morgan fingerprint density at radius 2 is 2.05 bits per heavy atom. The first kappa shape index (κ1) is 14.0. The molecule has 1 atom stereocenters. The highest BCUT2D eigenvalue weighted by molar-refractivity contribution is 5.59. The van der Waals surface area contributed by atoms with Gasteiger partial charge >= 0.3 is 5.69 Å². The third-order valence-corrected chi connectivity index (χ3v) is 3.00. The van der Waals surface area contributed by atoms with Crippen molar-refractivity contribution < 1.29 is 4.92 Å². The average molecular weight is 272 g/mol. The summed E-state index contributed by atoms with van der Waals surface area (Å²) in [6.07, 6.45) is 3.44. The van der Waals surface area contributed by atoms with Crippen LogP contribution in [0, 0.1) is 10.1 Å². The van der Waals surface area contributed by atoms with Crippen molar-refractivity contribution >= 4 is 11.4 Å². The number of nitro groups is 1. The fourth-order valence-corrected chi connectivity index (χ4v) is 1.91. The van der Waals surface area contributed by atoms with Gasteiger partial charge in [-0.05, 0) is 18.1 Å². The number of anilines is 1. The molecule has 0 radical (unpaired) electrons. The minimum Gasteiger partial charge on any atom is -0.379 e. The van der Waals surface area contributed by atoms with Crippen LogP contribution < -0.4 is 11.1 Å². The van der Waals surface area contributed by atoms with Crippen LogP contribution in [-0.2, 0) is 0 Å². The third-order valence-electron chi connectivity index (χ3n) is 3.00. The molecule has 0 aliphatic rings. The molecule has 2 aromatic rings. The van der Waals surface area contributed by atoms with Crippen molar-refractivity contribution in [1.82, 2.24) is 4.98 Å². The molecule has 20 heavy (non-hydrogen) atoms. The number of aromatic nitrogens is 1. The first-order chi connectivity index (χ1) is 9.68. The number of benzene rings is 1. The van der Waals surface area contributed by atoms with E-state index in [1.165, 1.54) is 12.4 Å². The molecule has 6 nitrogen and oxygen atoms in total. The second kappa shape index (κ2) is 6.63. The summed E-state index contributed by atoms with van der Waals surface area (Å²) in [4.78, 5) is 14.1. The molecule has 0 fully saturated rings. The summed E-state index contributed by atoms with van der Waals surface area (Å²) in [5.74, 6) is 0. The van der Waals surface area contributed by atoms with Crippen molar-refractivity contribution in [2.45, 2.75) is 12.5 Å². The number of hydrogen-bond acceptors (Lipinski definition) is 5. The predicted molar refractivity (Wildman–Crippen MR) is 77.4 cm³/mol. The van der Waals surface area contributed by atoms with Crippen molar-refractivity contribution in [1.29, 1.82) is 0 Å². The van der Waals surface area contributed by atoms with Gasteiger partial charge in [0, 0.05) is 18.8 Å². The lowest BCUT2D eigenvalue weighted by molar-refractivity contribution is -0.384. The molecule has 0 saturated carbocycles. The second-order valence-electron chi connectivity index (χ2n) is 4.38. The Labute approximate surface area is 116 Å². The lowest BCUT2D eigenvalue weighted by Crippen LogP contribution is -2.15. The molecule has 0 aliphatic heterocycles. The first-order valence-electron chi connectivity index (χ1n) is 6.31. The molecule has 0 amide bonds. The molecule has 2 rings (SSSR count). The van der Waals surface area contributed by atoms with Crippen LogP contribution in [0.25, 0.3) is 0 Å². The van der Waals surface area contributed by atoms with E-state index >= 15 is 0 Å². The van der Waals surface area contributed by atoms with Crippen molar-refractivity contribution in [2.75, 3.05) is 11.9 Å². The zero-order valence-corrected chi connectivity index (χ0v) is 10.9. The fraction of sp³-hybridized carbons (Fsp3) is 0.214. The topological polar surface area (TPSA) is 94.1 Å². The summed E-state index contributed by atoms with van der Waals surface area (Å²) < 4.78 is 0. The van der Waals surface area contributed by atoms with E-state index in [-0.39, 0.29) is 11.7 Å². The van der Waals surface area contributed by atoms with E-state index in [2.05, 4.69) is 10.3 Å². The molecule has 1 aromatic carbocycles. The Balaban J connectivity index is 1.92. The van der Waals surface area contributed by atoms with Crippen molar-refractivity contribution in [3.8, 4) is 0 Å². The van der Waals surface area contributed by atoms with Gasteiger partial charge in [0.1, 0.15) is 11.9 Å². The average Bonchev–Trinajstić information content (AvgIpc) is 2.48. The van der Waals surface area contributed by atoms with Crippen LogP contribution in [0.3, 0.4) is 0 Å². The maximum Gasteiger partial charge on any atom is 0.310 e. The van der Waals surface area contributed by atoms with Gasteiger partial charge in [0.25, 0.3) is 0 Å². The normalized spacial score (nSPS) is 11.8. The Bertz CT molecular complexity index is 574. The maximum absolute atomic E-state index is 10.8. The van der Waals surface area contributed by atoms with Crippen LogP contribution in [0.5, 0.6) is 0 Å². The van der Waals surface area contributed by atoms with E-state index in [0.717, 1.165) is 5.56 Å². The molecule has 3 N–H and O–H groups in total. The van der Waals surface area contributed by atoms with E-state index in [4.69, 9.17) is 5.73 Å². The minimum absolute atomic E-state index is 0.0271.